The zero-order valence-electron chi connectivity index (χ0n) is 11.5. The van der Waals surface area contributed by atoms with Crippen molar-refractivity contribution in [1.82, 2.24) is 4.90 Å². The molecule has 3 heteroatoms. The molecule has 1 fully saturated rings. The van der Waals surface area contributed by atoms with Crippen molar-refractivity contribution in [2.75, 3.05) is 37.7 Å². The standard InChI is InChI=1S/C15H24N2O/c1-15(2,8-13-18)17-11-9-16(10-12-17)14-6-4-3-5-7-14/h3-7,18H,8-13H2,1-2H3. The van der Waals surface area contributed by atoms with Gasteiger partial charge in [0.15, 0.2) is 0 Å². The monoisotopic (exact) mass is 248 g/mol. The number of nitrogens with zero attached hydrogens (tertiary/aromatic N) is 2. The number of aliphatic hydroxyl groups is 1. The topological polar surface area (TPSA) is 26.7 Å². The van der Waals surface area contributed by atoms with Gasteiger partial charge >= 0.3 is 0 Å². The second-order valence-electron chi connectivity index (χ2n) is 5.60. The highest BCUT2D eigenvalue weighted by Crippen LogP contribution is 2.22. The first-order chi connectivity index (χ1) is 8.63. The molecule has 0 amide bonds. The Hall–Kier alpha value is -1.06. The van der Waals surface area contributed by atoms with Crippen molar-refractivity contribution in [3.8, 4) is 0 Å². The summed E-state index contributed by atoms with van der Waals surface area (Å²) in [5, 5.41) is 9.13. The quantitative estimate of drug-likeness (QED) is 0.882. The molecule has 1 aromatic carbocycles. The minimum Gasteiger partial charge on any atom is -0.396 e. The summed E-state index contributed by atoms with van der Waals surface area (Å²) in [4.78, 5) is 4.92. The van der Waals surface area contributed by atoms with Crippen molar-refractivity contribution in [2.24, 2.45) is 0 Å². The number of para-hydroxylation sites is 1. The highest BCUT2D eigenvalue weighted by molar-refractivity contribution is 5.46. The van der Waals surface area contributed by atoms with E-state index in [0.29, 0.717) is 0 Å². The lowest BCUT2D eigenvalue weighted by Gasteiger charge is -2.44. The molecule has 1 aliphatic heterocycles. The number of hydrogen-bond acceptors (Lipinski definition) is 3. The van der Waals surface area contributed by atoms with Crippen LogP contribution in [0, 0.1) is 0 Å². The Morgan fingerprint density at radius 1 is 1.06 bits per heavy atom. The van der Waals surface area contributed by atoms with Crippen molar-refractivity contribution < 1.29 is 5.11 Å². The number of hydrogen-bond donors (Lipinski definition) is 1. The molecular formula is C15H24N2O. The van der Waals surface area contributed by atoms with Crippen LogP contribution in [0.5, 0.6) is 0 Å². The predicted octanol–water partition coefficient (Wildman–Crippen LogP) is 1.97. The molecule has 0 aliphatic carbocycles. The van der Waals surface area contributed by atoms with Gasteiger partial charge in [-0.15, -0.1) is 0 Å². The summed E-state index contributed by atoms with van der Waals surface area (Å²) >= 11 is 0. The van der Waals surface area contributed by atoms with Crippen LogP contribution in [0.2, 0.25) is 0 Å². The number of aliphatic hydroxyl groups excluding tert-OH is 1. The molecule has 18 heavy (non-hydrogen) atoms. The zero-order chi connectivity index (χ0) is 13.0. The maximum Gasteiger partial charge on any atom is 0.0448 e. The average molecular weight is 248 g/mol. The summed E-state index contributed by atoms with van der Waals surface area (Å²) in [5.41, 5.74) is 1.43. The molecule has 0 atom stereocenters. The van der Waals surface area contributed by atoms with Crippen molar-refractivity contribution in [3.05, 3.63) is 30.3 Å². The largest absolute Gasteiger partial charge is 0.396 e. The van der Waals surface area contributed by atoms with Gasteiger partial charge in [0.2, 0.25) is 0 Å². The van der Waals surface area contributed by atoms with E-state index in [-0.39, 0.29) is 12.1 Å². The number of benzene rings is 1. The Balaban J connectivity index is 1.92. The molecule has 3 nitrogen and oxygen atoms in total. The average Bonchev–Trinajstić information content (AvgIpc) is 2.40. The lowest BCUT2D eigenvalue weighted by Crippen LogP contribution is -2.55. The molecule has 100 valence electrons. The van der Waals surface area contributed by atoms with Gasteiger partial charge in [0.1, 0.15) is 0 Å². The minimum atomic E-state index is 0.109. The minimum absolute atomic E-state index is 0.109. The van der Waals surface area contributed by atoms with Crippen molar-refractivity contribution >= 4 is 5.69 Å². The van der Waals surface area contributed by atoms with E-state index >= 15 is 0 Å². The van der Waals surface area contributed by atoms with Crippen molar-refractivity contribution in [3.63, 3.8) is 0 Å². The van der Waals surface area contributed by atoms with Gasteiger partial charge in [0.25, 0.3) is 0 Å². The Bertz CT molecular complexity index is 356. The molecular weight excluding hydrogens is 224 g/mol. The molecule has 1 saturated heterocycles. The maximum absolute atomic E-state index is 9.13. The smallest absolute Gasteiger partial charge is 0.0448 e. The van der Waals surface area contributed by atoms with Crippen LogP contribution in [0.3, 0.4) is 0 Å². The normalized spacial score (nSPS) is 18.1. The Morgan fingerprint density at radius 2 is 1.67 bits per heavy atom. The second kappa shape index (κ2) is 5.72. The Kier molecular flexibility index (Phi) is 4.25. The molecule has 0 radical (unpaired) electrons. The zero-order valence-corrected chi connectivity index (χ0v) is 11.5. The van der Waals surface area contributed by atoms with Gasteiger partial charge < -0.3 is 10.0 Å². The van der Waals surface area contributed by atoms with E-state index in [9.17, 15) is 0 Å². The van der Waals surface area contributed by atoms with Crippen LogP contribution in [0.25, 0.3) is 0 Å². The Morgan fingerprint density at radius 3 is 2.22 bits per heavy atom. The van der Waals surface area contributed by atoms with Gasteiger partial charge in [0.05, 0.1) is 0 Å². The van der Waals surface area contributed by atoms with E-state index in [1.165, 1.54) is 5.69 Å². The van der Waals surface area contributed by atoms with E-state index in [4.69, 9.17) is 5.11 Å². The van der Waals surface area contributed by atoms with Crippen LogP contribution in [-0.4, -0.2) is 48.3 Å². The number of anilines is 1. The third kappa shape index (κ3) is 3.03. The first kappa shape index (κ1) is 13.4. The van der Waals surface area contributed by atoms with Crippen LogP contribution in [0.4, 0.5) is 5.69 Å². The molecule has 0 unspecified atom stereocenters. The van der Waals surface area contributed by atoms with Gasteiger partial charge in [-0.1, -0.05) is 18.2 Å². The summed E-state index contributed by atoms with van der Waals surface area (Å²) in [6.07, 6.45) is 0.846. The van der Waals surface area contributed by atoms with E-state index in [1.54, 1.807) is 0 Å². The number of piperazine rings is 1. The van der Waals surface area contributed by atoms with Crippen LogP contribution >= 0.6 is 0 Å². The van der Waals surface area contributed by atoms with Gasteiger partial charge in [-0.3, -0.25) is 4.90 Å². The third-order valence-electron chi connectivity index (χ3n) is 3.98. The third-order valence-corrected chi connectivity index (χ3v) is 3.98. The second-order valence-corrected chi connectivity index (χ2v) is 5.60. The van der Waals surface area contributed by atoms with E-state index in [2.05, 4.69) is 54.0 Å². The Labute approximate surface area is 110 Å². The molecule has 2 rings (SSSR count). The summed E-state index contributed by atoms with van der Waals surface area (Å²) in [7, 11) is 0. The summed E-state index contributed by atoms with van der Waals surface area (Å²) in [6.45, 7) is 9.00. The summed E-state index contributed by atoms with van der Waals surface area (Å²) < 4.78 is 0. The van der Waals surface area contributed by atoms with E-state index in [1.807, 2.05) is 0 Å². The molecule has 0 bridgehead atoms. The van der Waals surface area contributed by atoms with Gasteiger partial charge in [-0.25, -0.2) is 0 Å². The van der Waals surface area contributed by atoms with Crippen LogP contribution in [-0.2, 0) is 0 Å². The van der Waals surface area contributed by atoms with Crippen LogP contribution in [0.1, 0.15) is 20.3 Å². The molecule has 1 aromatic rings. The highest BCUT2D eigenvalue weighted by atomic mass is 16.3. The lowest BCUT2D eigenvalue weighted by molar-refractivity contribution is 0.0837. The highest BCUT2D eigenvalue weighted by Gasteiger charge is 2.29. The molecule has 1 heterocycles. The summed E-state index contributed by atoms with van der Waals surface area (Å²) in [5.74, 6) is 0. The summed E-state index contributed by atoms with van der Waals surface area (Å²) in [6, 6.07) is 10.6. The first-order valence-corrected chi connectivity index (χ1v) is 6.79. The van der Waals surface area contributed by atoms with Gasteiger partial charge in [-0.05, 0) is 32.4 Å². The fourth-order valence-corrected chi connectivity index (χ4v) is 2.64. The van der Waals surface area contributed by atoms with Gasteiger partial charge in [0, 0.05) is 44.0 Å². The fraction of sp³-hybridized carbons (Fsp3) is 0.600. The van der Waals surface area contributed by atoms with Crippen LogP contribution < -0.4 is 4.90 Å². The van der Waals surface area contributed by atoms with Gasteiger partial charge in [-0.2, -0.15) is 0 Å². The molecule has 0 aromatic heterocycles. The number of rotatable bonds is 4. The lowest BCUT2D eigenvalue weighted by atomic mass is 9.97. The van der Waals surface area contributed by atoms with Crippen LogP contribution in [0.15, 0.2) is 30.3 Å². The van der Waals surface area contributed by atoms with E-state index < -0.39 is 0 Å². The molecule has 1 aliphatic rings. The van der Waals surface area contributed by atoms with Crippen molar-refractivity contribution in [1.29, 1.82) is 0 Å². The van der Waals surface area contributed by atoms with E-state index in [0.717, 1.165) is 32.6 Å². The predicted molar refractivity (Wildman–Crippen MR) is 76.0 cm³/mol. The fourth-order valence-electron chi connectivity index (χ4n) is 2.64. The molecule has 0 saturated carbocycles. The first-order valence-electron chi connectivity index (χ1n) is 6.79. The van der Waals surface area contributed by atoms with Crippen molar-refractivity contribution in [2.45, 2.75) is 25.8 Å². The molecule has 0 spiro atoms. The molecule has 1 N–H and O–H groups in total. The maximum atomic E-state index is 9.13. The SMILES string of the molecule is CC(C)(CCO)N1CCN(c2ccccc2)CC1.